The Morgan fingerprint density at radius 1 is 0.417 bits per heavy atom. The van der Waals surface area contributed by atoms with E-state index in [1.807, 2.05) is 24.3 Å². The molecule has 12 aromatic rings. The SMILES string of the molecule is [2H]c1c([2H])c([2H])c(-c2cccc3c2-c2ccc(-n4c5ccccc5c5cc(-c6ccc7c(c6)c6ccccc6n7-c6ccc7oc8ccccc8c7c6)ccc54)cc2C3(C)C)c([2H])c1[2H]. The first kappa shape index (κ1) is 28.7. The summed E-state index contributed by atoms with van der Waals surface area (Å²) in [4.78, 5) is 0. The first-order chi connectivity index (χ1) is 31.6. The molecule has 0 saturated carbocycles. The predicted molar refractivity (Wildman–Crippen MR) is 251 cm³/mol. The Morgan fingerprint density at radius 2 is 1.00 bits per heavy atom. The van der Waals surface area contributed by atoms with Gasteiger partial charge >= 0.3 is 0 Å². The van der Waals surface area contributed by atoms with Crippen LogP contribution in [0.4, 0.5) is 0 Å². The third-order valence-corrected chi connectivity index (χ3v) is 13.0. The van der Waals surface area contributed by atoms with E-state index in [9.17, 15) is 0 Å². The van der Waals surface area contributed by atoms with Crippen LogP contribution < -0.4 is 0 Å². The lowest BCUT2D eigenvalue weighted by atomic mass is 9.82. The largest absolute Gasteiger partial charge is 0.456 e. The number of benzene rings is 9. The molecule has 1 aliphatic carbocycles. The zero-order valence-corrected chi connectivity index (χ0v) is 32.9. The van der Waals surface area contributed by atoms with Crippen molar-refractivity contribution in [3.63, 3.8) is 0 Å². The molecule has 0 radical (unpaired) electrons. The van der Waals surface area contributed by atoms with Gasteiger partial charge in [0.25, 0.3) is 0 Å². The minimum atomic E-state index is -0.419. The number of aromatic nitrogens is 2. The molecule has 1 aliphatic rings. The van der Waals surface area contributed by atoms with E-state index < -0.39 is 5.41 Å². The summed E-state index contributed by atoms with van der Waals surface area (Å²) in [7, 11) is 0. The summed E-state index contributed by atoms with van der Waals surface area (Å²) in [6, 6.07) is 56.6. The summed E-state index contributed by atoms with van der Waals surface area (Å²) in [6.07, 6.45) is 0. The minimum absolute atomic E-state index is 0.193. The molecule has 3 nitrogen and oxygen atoms in total. The molecule has 282 valence electrons. The highest BCUT2D eigenvalue weighted by atomic mass is 16.3. The Bertz CT molecular complexity index is 4030. The van der Waals surface area contributed by atoms with Crippen molar-refractivity contribution in [2.45, 2.75) is 19.3 Å². The second-order valence-electron chi connectivity index (χ2n) is 16.5. The maximum atomic E-state index is 8.83. The van der Waals surface area contributed by atoms with E-state index in [2.05, 4.69) is 163 Å². The summed E-state index contributed by atoms with van der Waals surface area (Å²) >= 11 is 0. The average molecular weight is 772 g/mol. The molecule has 3 aromatic heterocycles. The topological polar surface area (TPSA) is 23.0 Å². The van der Waals surface area contributed by atoms with Crippen molar-refractivity contribution in [3.05, 3.63) is 205 Å². The number of nitrogens with zero attached hydrogens (tertiary/aromatic N) is 2. The van der Waals surface area contributed by atoms with Crippen molar-refractivity contribution >= 4 is 65.6 Å². The standard InChI is InChI=1S/C57H38N2O/c1-57(2)48-19-12-18-40(35-13-4-3-5-14-35)56(48)44-27-25-39(34-49(44)57)59-51-21-10-7-16-42(51)46-32-37(24-29-53(46)59)36-23-28-52-45(31-36)41-15-6-9-20-50(41)58(52)38-26-30-55-47(33-38)43-17-8-11-22-54(43)60-55/h3-34H,1-2H3/i3D,4D,5D,13D,14D. The Hall–Kier alpha value is -7.62. The van der Waals surface area contributed by atoms with E-state index in [-0.39, 0.29) is 35.8 Å². The minimum Gasteiger partial charge on any atom is -0.456 e. The molecule has 3 heteroatoms. The summed E-state index contributed by atoms with van der Waals surface area (Å²) in [5.74, 6) is 0. The van der Waals surface area contributed by atoms with Gasteiger partial charge < -0.3 is 13.6 Å². The van der Waals surface area contributed by atoms with Crippen LogP contribution in [0.2, 0.25) is 0 Å². The molecule has 0 bridgehead atoms. The molecule has 9 aromatic carbocycles. The highest BCUT2D eigenvalue weighted by Gasteiger charge is 2.37. The molecule has 0 N–H and O–H groups in total. The van der Waals surface area contributed by atoms with Gasteiger partial charge in [-0.25, -0.2) is 0 Å². The maximum absolute atomic E-state index is 8.83. The van der Waals surface area contributed by atoms with Gasteiger partial charge in [0.2, 0.25) is 0 Å². The second-order valence-corrected chi connectivity index (χ2v) is 16.5. The Balaban J connectivity index is 0.943. The van der Waals surface area contributed by atoms with Gasteiger partial charge in [-0.15, -0.1) is 0 Å². The van der Waals surface area contributed by atoms with Crippen molar-refractivity contribution in [2.75, 3.05) is 0 Å². The van der Waals surface area contributed by atoms with Gasteiger partial charge in [-0.2, -0.15) is 0 Å². The molecular weight excluding hydrogens is 729 g/mol. The van der Waals surface area contributed by atoms with Crippen LogP contribution in [0.3, 0.4) is 0 Å². The van der Waals surface area contributed by atoms with Crippen molar-refractivity contribution in [3.8, 4) is 44.8 Å². The fourth-order valence-electron chi connectivity index (χ4n) is 10.2. The summed E-state index contributed by atoms with van der Waals surface area (Å²) < 4.78 is 53.6. The zero-order valence-electron chi connectivity index (χ0n) is 37.9. The van der Waals surface area contributed by atoms with Crippen LogP contribution in [-0.4, -0.2) is 9.13 Å². The summed E-state index contributed by atoms with van der Waals surface area (Å²) in [5.41, 5.74) is 15.2. The van der Waals surface area contributed by atoms with Crippen LogP contribution in [0.1, 0.15) is 31.8 Å². The van der Waals surface area contributed by atoms with Gasteiger partial charge in [-0.05, 0) is 117 Å². The van der Waals surface area contributed by atoms with E-state index in [0.717, 1.165) is 99.5 Å². The van der Waals surface area contributed by atoms with Gasteiger partial charge in [0.15, 0.2) is 0 Å². The lowest BCUT2D eigenvalue weighted by Gasteiger charge is -2.22. The molecule has 0 saturated heterocycles. The highest BCUT2D eigenvalue weighted by molar-refractivity contribution is 6.13. The first-order valence-corrected chi connectivity index (χ1v) is 20.4. The van der Waals surface area contributed by atoms with Crippen molar-refractivity contribution < 1.29 is 11.3 Å². The van der Waals surface area contributed by atoms with Gasteiger partial charge in [0, 0.05) is 49.1 Å². The van der Waals surface area contributed by atoms with Gasteiger partial charge in [-0.3, -0.25) is 0 Å². The first-order valence-electron chi connectivity index (χ1n) is 22.9. The molecule has 3 heterocycles. The lowest BCUT2D eigenvalue weighted by Crippen LogP contribution is -2.15. The number of fused-ring (bicyclic) bond motifs is 12. The molecule has 0 aliphatic heterocycles. The van der Waals surface area contributed by atoms with Crippen LogP contribution in [-0.2, 0) is 5.41 Å². The highest BCUT2D eigenvalue weighted by Crippen LogP contribution is 2.53. The number of hydrogen-bond donors (Lipinski definition) is 0. The van der Waals surface area contributed by atoms with Crippen LogP contribution in [0, 0.1) is 0 Å². The van der Waals surface area contributed by atoms with E-state index in [1.54, 1.807) is 0 Å². The lowest BCUT2D eigenvalue weighted by molar-refractivity contribution is 0.660. The molecule has 0 amide bonds. The number of hydrogen-bond acceptors (Lipinski definition) is 1. The Labute approximate surface area is 354 Å². The summed E-state index contributed by atoms with van der Waals surface area (Å²) in [5, 5.41) is 6.92. The van der Waals surface area contributed by atoms with Crippen LogP contribution in [0.15, 0.2) is 198 Å². The Kier molecular flexibility index (Phi) is 5.84. The molecule has 60 heavy (non-hydrogen) atoms. The monoisotopic (exact) mass is 771 g/mol. The number of rotatable bonds is 4. The average Bonchev–Trinajstić information content (AvgIpc) is 4.04. The third kappa shape index (κ3) is 4.60. The van der Waals surface area contributed by atoms with E-state index in [4.69, 9.17) is 11.3 Å². The van der Waals surface area contributed by atoms with Crippen molar-refractivity contribution in [2.24, 2.45) is 0 Å². The fraction of sp³-hybridized carbons (Fsp3) is 0.0526. The van der Waals surface area contributed by atoms with Crippen molar-refractivity contribution in [1.82, 2.24) is 9.13 Å². The molecule has 13 rings (SSSR count). The van der Waals surface area contributed by atoms with E-state index in [1.165, 1.54) is 10.8 Å². The second kappa shape index (κ2) is 12.2. The van der Waals surface area contributed by atoms with Gasteiger partial charge in [0.1, 0.15) is 11.2 Å². The third-order valence-electron chi connectivity index (χ3n) is 13.0. The normalized spacial score (nSPS) is 14.5. The van der Waals surface area contributed by atoms with Crippen LogP contribution >= 0.6 is 0 Å². The maximum Gasteiger partial charge on any atom is 0.135 e. The molecule has 0 fully saturated rings. The fourth-order valence-corrected chi connectivity index (χ4v) is 10.2. The predicted octanol–water partition coefficient (Wildman–Crippen LogP) is 15.4. The Morgan fingerprint density at radius 3 is 1.70 bits per heavy atom. The smallest absolute Gasteiger partial charge is 0.135 e. The molecule has 0 unspecified atom stereocenters. The molecule has 0 atom stereocenters. The summed E-state index contributed by atoms with van der Waals surface area (Å²) in [6.45, 7) is 4.42. The number of furan rings is 1. The van der Waals surface area contributed by atoms with Gasteiger partial charge in [-0.1, -0.05) is 135 Å². The van der Waals surface area contributed by atoms with E-state index >= 15 is 0 Å². The molecule has 0 spiro atoms. The van der Waals surface area contributed by atoms with Gasteiger partial charge in [0.05, 0.1) is 28.9 Å². The zero-order chi connectivity index (χ0) is 44.0. The number of para-hydroxylation sites is 3. The quantitative estimate of drug-likeness (QED) is 0.175. The van der Waals surface area contributed by atoms with Crippen molar-refractivity contribution in [1.29, 1.82) is 0 Å². The molecular formula is C57H38N2O. The van der Waals surface area contributed by atoms with E-state index in [0.29, 0.717) is 5.56 Å². The van der Waals surface area contributed by atoms with Crippen LogP contribution in [0.25, 0.3) is 110 Å². The van der Waals surface area contributed by atoms with Crippen LogP contribution in [0.5, 0.6) is 0 Å².